The first kappa shape index (κ1) is 10.5. The molecule has 1 nitrogen and oxygen atoms in total. The molecular weight excluding hydrogens is 170 g/mol. The van der Waals surface area contributed by atoms with Gasteiger partial charge in [0.15, 0.2) is 0 Å². The van der Waals surface area contributed by atoms with Gasteiger partial charge in [0.1, 0.15) is 0 Å². The first-order valence-corrected chi connectivity index (χ1v) is 6.41. The van der Waals surface area contributed by atoms with Crippen molar-refractivity contribution in [2.45, 2.75) is 52.5 Å². The predicted octanol–water partition coefficient (Wildman–Crippen LogP) is 3.15. The Bertz CT molecular complexity index is 188. The fraction of sp³-hybridized carbons (Fsp3) is 1.00. The number of hydrogen-bond acceptors (Lipinski definition) is 1. The zero-order valence-electron chi connectivity index (χ0n) is 10.00. The Labute approximate surface area is 88.9 Å². The van der Waals surface area contributed by atoms with Gasteiger partial charge in [-0.15, -0.1) is 0 Å². The van der Waals surface area contributed by atoms with Crippen LogP contribution in [0.3, 0.4) is 0 Å². The number of hydrogen-bond donors (Lipinski definition) is 0. The summed E-state index contributed by atoms with van der Waals surface area (Å²) >= 11 is 0. The average Bonchev–Trinajstić information content (AvgIpc) is 2.16. The Morgan fingerprint density at radius 3 is 2.57 bits per heavy atom. The maximum atomic E-state index is 2.68. The van der Waals surface area contributed by atoms with E-state index in [9.17, 15) is 0 Å². The molecule has 1 saturated heterocycles. The fourth-order valence-corrected chi connectivity index (χ4v) is 3.35. The van der Waals surface area contributed by atoms with Gasteiger partial charge in [0.25, 0.3) is 0 Å². The van der Waals surface area contributed by atoms with E-state index in [1.165, 1.54) is 38.8 Å². The summed E-state index contributed by atoms with van der Waals surface area (Å²) in [5, 5.41) is 0. The molecule has 0 bridgehead atoms. The Morgan fingerprint density at radius 1 is 1.07 bits per heavy atom. The van der Waals surface area contributed by atoms with Gasteiger partial charge in [-0.05, 0) is 57.4 Å². The van der Waals surface area contributed by atoms with Gasteiger partial charge in [-0.3, -0.25) is 0 Å². The van der Waals surface area contributed by atoms with Gasteiger partial charge in [-0.2, -0.15) is 0 Å². The predicted molar refractivity (Wildman–Crippen MR) is 61.3 cm³/mol. The molecule has 3 atom stereocenters. The number of nitrogens with zero attached hydrogens (tertiary/aromatic N) is 1. The molecule has 82 valence electrons. The van der Waals surface area contributed by atoms with Crippen LogP contribution in [0, 0.1) is 17.8 Å². The number of piperidine rings is 1. The standard InChI is InChI=1S/C13H25N/c1-10(2)14-7-6-12-8-11(3)4-5-13(12)9-14/h10-13H,4-9H2,1-3H3. The molecule has 14 heavy (non-hydrogen) atoms. The third kappa shape index (κ3) is 2.13. The summed E-state index contributed by atoms with van der Waals surface area (Å²) in [6.45, 7) is 9.85. The molecule has 1 heteroatoms. The van der Waals surface area contributed by atoms with Crippen LogP contribution < -0.4 is 0 Å². The van der Waals surface area contributed by atoms with Gasteiger partial charge in [0.05, 0.1) is 0 Å². The minimum Gasteiger partial charge on any atom is -0.301 e. The lowest BCUT2D eigenvalue weighted by Gasteiger charge is -2.44. The molecule has 1 heterocycles. The second-order valence-electron chi connectivity index (χ2n) is 5.82. The zero-order valence-corrected chi connectivity index (χ0v) is 10.00. The normalized spacial score (nSPS) is 39.9. The van der Waals surface area contributed by atoms with Crippen LogP contribution in [0.1, 0.15) is 46.5 Å². The van der Waals surface area contributed by atoms with E-state index in [2.05, 4.69) is 25.7 Å². The quantitative estimate of drug-likeness (QED) is 0.621. The summed E-state index contributed by atoms with van der Waals surface area (Å²) in [6, 6.07) is 0.760. The van der Waals surface area contributed by atoms with Crippen LogP contribution in [-0.2, 0) is 0 Å². The number of fused-ring (bicyclic) bond motifs is 1. The van der Waals surface area contributed by atoms with Crippen molar-refractivity contribution >= 4 is 0 Å². The van der Waals surface area contributed by atoms with Crippen molar-refractivity contribution in [1.82, 2.24) is 4.90 Å². The van der Waals surface area contributed by atoms with Crippen molar-refractivity contribution in [2.75, 3.05) is 13.1 Å². The summed E-state index contributed by atoms with van der Waals surface area (Å²) < 4.78 is 0. The highest BCUT2D eigenvalue weighted by molar-refractivity contribution is 4.86. The van der Waals surface area contributed by atoms with Gasteiger partial charge in [-0.1, -0.05) is 13.3 Å². The van der Waals surface area contributed by atoms with Crippen LogP contribution in [-0.4, -0.2) is 24.0 Å². The molecule has 0 aromatic rings. The van der Waals surface area contributed by atoms with E-state index in [-0.39, 0.29) is 0 Å². The maximum Gasteiger partial charge on any atom is 0.00387 e. The Morgan fingerprint density at radius 2 is 1.86 bits per heavy atom. The molecule has 2 aliphatic rings. The molecule has 2 fully saturated rings. The third-order valence-electron chi connectivity index (χ3n) is 4.39. The van der Waals surface area contributed by atoms with Crippen molar-refractivity contribution in [3.05, 3.63) is 0 Å². The molecule has 0 amide bonds. The van der Waals surface area contributed by atoms with Gasteiger partial charge in [0.2, 0.25) is 0 Å². The fourth-order valence-electron chi connectivity index (χ4n) is 3.35. The van der Waals surface area contributed by atoms with Crippen LogP contribution in [0.15, 0.2) is 0 Å². The molecule has 3 unspecified atom stereocenters. The zero-order chi connectivity index (χ0) is 10.1. The highest BCUT2D eigenvalue weighted by Gasteiger charge is 2.33. The Kier molecular flexibility index (Phi) is 3.16. The van der Waals surface area contributed by atoms with Gasteiger partial charge in [0, 0.05) is 12.6 Å². The summed E-state index contributed by atoms with van der Waals surface area (Å²) in [7, 11) is 0. The Hall–Kier alpha value is -0.0400. The lowest BCUT2D eigenvalue weighted by atomic mass is 9.71. The molecule has 1 aliphatic heterocycles. The van der Waals surface area contributed by atoms with E-state index in [1.807, 2.05) is 0 Å². The molecule has 0 aromatic heterocycles. The summed E-state index contributed by atoms with van der Waals surface area (Å²) in [4.78, 5) is 2.68. The van der Waals surface area contributed by atoms with Crippen molar-refractivity contribution in [2.24, 2.45) is 17.8 Å². The second-order valence-corrected chi connectivity index (χ2v) is 5.82. The highest BCUT2D eigenvalue weighted by atomic mass is 15.2. The van der Waals surface area contributed by atoms with Crippen LogP contribution >= 0.6 is 0 Å². The van der Waals surface area contributed by atoms with E-state index >= 15 is 0 Å². The average molecular weight is 195 g/mol. The molecule has 0 spiro atoms. The molecule has 0 N–H and O–H groups in total. The summed E-state index contributed by atoms with van der Waals surface area (Å²) in [5.41, 5.74) is 0. The molecule has 1 saturated carbocycles. The molecular formula is C13H25N. The highest BCUT2D eigenvalue weighted by Crippen LogP contribution is 2.39. The van der Waals surface area contributed by atoms with E-state index in [0.717, 1.165) is 23.8 Å². The first-order chi connectivity index (χ1) is 6.66. The summed E-state index contributed by atoms with van der Waals surface area (Å²) in [6.07, 6.45) is 5.95. The largest absolute Gasteiger partial charge is 0.301 e. The van der Waals surface area contributed by atoms with E-state index in [4.69, 9.17) is 0 Å². The van der Waals surface area contributed by atoms with Gasteiger partial charge < -0.3 is 4.90 Å². The number of rotatable bonds is 1. The first-order valence-electron chi connectivity index (χ1n) is 6.41. The molecule has 0 aromatic carbocycles. The van der Waals surface area contributed by atoms with Crippen LogP contribution in [0.2, 0.25) is 0 Å². The second kappa shape index (κ2) is 4.22. The van der Waals surface area contributed by atoms with Crippen LogP contribution in [0.4, 0.5) is 0 Å². The smallest absolute Gasteiger partial charge is 0.00387 e. The summed E-state index contributed by atoms with van der Waals surface area (Å²) in [5.74, 6) is 3.10. The van der Waals surface area contributed by atoms with Crippen molar-refractivity contribution < 1.29 is 0 Å². The Balaban J connectivity index is 1.91. The lowest BCUT2D eigenvalue weighted by Crippen LogP contribution is -2.45. The van der Waals surface area contributed by atoms with E-state index in [1.54, 1.807) is 0 Å². The molecule has 2 rings (SSSR count). The maximum absolute atomic E-state index is 2.68. The van der Waals surface area contributed by atoms with E-state index in [0.29, 0.717) is 0 Å². The topological polar surface area (TPSA) is 3.24 Å². The van der Waals surface area contributed by atoms with Gasteiger partial charge >= 0.3 is 0 Å². The van der Waals surface area contributed by atoms with Crippen molar-refractivity contribution in [3.63, 3.8) is 0 Å². The lowest BCUT2D eigenvalue weighted by molar-refractivity contribution is 0.0522. The van der Waals surface area contributed by atoms with Crippen molar-refractivity contribution in [1.29, 1.82) is 0 Å². The molecule has 1 aliphatic carbocycles. The van der Waals surface area contributed by atoms with E-state index < -0.39 is 0 Å². The van der Waals surface area contributed by atoms with Crippen LogP contribution in [0.5, 0.6) is 0 Å². The SMILES string of the molecule is CC1CCC2CN(C(C)C)CCC2C1. The molecule has 0 radical (unpaired) electrons. The number of likely N-dealkylation sites (tertiary alicyclic amines) is 1. The monoisotopic (exact) mass is 195 g/mol. The van der Waals surface area contributed by atoms with Crippen LogP contribution in [0.25, 0.3) is 0 Å². The van der Waals surface area contributed by atoms with Crippen molar-refractivity contribution in [3.8, 4) is 0 Å². The van der Waals surface area contributed by atoms with Gasteiger partial charge in [-0.25, -0.2) is 0 Å². The third-order valence-corrected chi connectivity index (χ3v) is 4.39. The minimum atomic E-state index is 0.760. The minimum absolute atomic E-state index is 0.760.